The van der Waals surface area contributed by atoms with E-state index < -0.39 is 0 Å². The third kappa shape index (κ3) is 5.70. The molecule has 0 atom stereocenters. The fraction of sp³-hybridized carbons (Fsp3) is 0.464. The molecule has 1 saturated carbocycles. The summed E-state index contributed by atoms with van der Waals surface area (Å²) >= 11 is 0. The molecular formula is C28H36N4O. The number of hydrogen-bond acceptors (Lipinski definition) is 5. The van der Waals surface area contributed by atoms with E-state index in [1.165, 1.54) is 11.1 Å². The van der Waals surface area contributed by atoms with Crippen LogP contribution in [0.2, 0.25) is 0 Å². The molecule has 0 spiro atoms. The summed E-state index contributed by atoms with van der Waals surface area (Å²) in [5.41, 5.74) is 4.54. The van der Waals surface area contributed by atoms with Crippen LogP contribution in [0.5, 0.6) is 0 Å². The van der Waals surface area contributed by atoms with Crippen molar-refractivity contribution in [2.75, 3.05) is 24.2 Å². The first-order valence-corrected chi connectivity index (χ1v) is 12.4. The van der Waals surface area contributed by atoms with Gasteiger partial charge < -0.3 is 10.6 Å². The van der Waals surface area contributed by atoms with Crippen molar-refractivity contribution in [1.82, 2.24) is 9.97 Å². The van der Waals surface area contributed by atoms with Gasteiger partial charge in [0.15, 0.2) is 0 Å². The van der Waals surface area contributed by atoms with Gasteiger partial charge in [-0.05, 0) is 68.2 Å². The lowest BCUT2D eigenvalue weighted by atomic mass is 9.79. The number of benzene rings is 2. The van der Waals surface area contributed by atoms with Crippen LogP contribution in [0.25, 0.3) is 22.0 Å². The molecule has 5 nitrogen and oxygen atoms in total. The molecule has 0 amide bonds. The number of rotatable bonds is 9. The Morgan fingerprint density at radius 2 is 1.73 bits per heavy atom. The lowest BCUT2D eigenvalue weighted by molar-refractivity contribution is -0.124. The second kappa shape index (κ2) is 10.8. The van der Waals surface area contributed by atoms with Crippen molar-refractivity contribution in [2.45, 2.75) is 58.8 Å². The first-order chi connectivity index (χ1) is 16.1. The molecule has 0 aliphatic heterocycles. The van der Waals surface area contributed by atoms with Gasteiger partial charge in [-0.15, -0.1) is 0 Å². The predicted octanol–water partition coefficient (Wildman–Crippen LogP) is 6.62. The zero-order valence-electron chi connectivity index (χ0n) is 20.2. The van der Waals surface area contributed by atoms with Gasteiger partial charge in [-0.25, -0.2) is 4.98 Å². The number of nitrogens with one attached hydrogen (secondary N) is 2. The number of Topliss-reactive ketones (excluding diaryl/α,β-unsaturated/α-hetero) is 1. The summed E-state index contributed by atoms with van der Waals surface area (Å²) in [5.74, 6) is 2.83. The Kier molecular flexibility index (Phi) is 7.58. The van der Waals surface area contributed by atoms with E-state index in [4.69, 9.17) is 9.97 Å². The van der Waals surface area contributed by atoms with Crippen molar-refractivity contribution in [3.63, 3.8) is 0 Å². The molecule has 1 fully saturated rings. The molecule has 1 aliphatic rings. The highest BCUT2D eigenvalue weighted by molar-refractivity contribution is 5.93. The number of nitrogens with zero attached hydrogens (tertiary/aromatic N) is 2. The summed E-state index contributed by atoms with van der Waals surface area (Å²) in [5, 5.41) is 7.73. The molecular weight excluding hydrogens is 408 g/mol. The molecule has 2 N–H and O–H groups in total. The molecule has 5 heteroatoms. The summed E-state index contributed by atoms with van der Waals surface area (Å²) in [7, 11) is 1.90. The van der Waals surface area contributed by atoms with Crippen LogP contribution in [0.15, 0.2) is 42.5 Å². The summed E-state index contributed by atoms with van der Waals surface area (Å²) in [6.45, 7) is 5.10. The third-order valence-corrected chi connectivity index (χ3v) is 6.95. The van der Waals surface area contributed by atoms with Gasteiger partial charge in [-0.2, -0.15) is 4.98 Å². The van der Waals surface area contributed by atoms with Gasteiger partial charge in [-0.1, -0.05) is 49.2 Å². The van der Waals surface area contributed by atoms with Gasteiger partial charge in [0, 0.05) is 31.3 Å². The monoisotopic (exact) mass is 444 g/mol. The lowest BCUT2D eigenvalue weighted by Crippen LogP contribution is -2.25. The Labute approximate surface area is 197 Å². The molecule has 0 radical (unpaired) electrons. The Hall–Kier alpha value is -2.95. The Balaban J connectivity index is 1.41. The molecule has 3 aromatic rings. The van der Waals surface area contributed by atoms with E-state index in [1.807, 2.05) is 7.05 Å². The van der Waals surface area contributed by atoms with Crippen molar-refractivity contribution >= 4 is 28.5 Å². The predicted molar refractivity (Wildman–Crippen MR) is 138 cm³/mol. The first kappa shape index (κ1) is 23.2. The van der Waals surface area contributed by atoms with Crippen LogP contribution in [0, 0.1) is 18.8 Å². The smallest absolute Gasteiger partial charge is 0.225 e. The number of aryl methyl sites for hydroxylation is 1. The van der Waals surface area contributed by atoms with Crippen molar-refractivity contribution in [3.8, 4) is 11.1 Å². The molecule has 1 aromatic heterocycles. The van der Waals surface area contributed by atoms with Crippen LogP contribution in [0.1, 0.15) is 57.4 Å². The molecule has 2 aromatic carbocycles. The number of fused-ring (bicyclic) bond motifs is 1. The molecule has 4 rings (SSSR count). The zero-order chi connectivity index (χ0) is 23.2. The average Bonchev–Trinajstić information content (AvgIpc) is 2.86. The number of carbonyl (C=O) groups is 1. The van der Waals surface area contributed by atoms with E-state index >= 15 is 0 Å². The topological polar surface area (TPSA) is 66.9 Å². The molecule has 174 valence electrons. The highest BCUT2D eigenvalue weighted by atomic mass is 16.1. The number of anilines is 2. The third-order valence-electron chi connectivity index (χ3n) is 6.95. The molecule has 0 unspecified atom stereocenters. The average molecular weight is 445 g/mol. The zero-order valence-corrected chi connectivity index (χ0v) is 20.2. The van der Waals surface area contributed by atoms with Crippen LogP contribution >= 0.6 is 0 Å². The second-order valence-corrected chi connectivity index (χ2v) is 9.41. The maximum Gasteiger partial charge on any atom is 0.225 e. The number of ketones is 1. The van der Waals surface area contributed by atoms with Gasteiger partial charge in [0.05, 0.1) is 5.52 Å². The number of aromatic nitrogens is 2. The fourth-order valence-corrected chi connectivity index (χ4v) is 4.80. The lowest BCUT2D eigenvalue weighted by Gasteiger charge is -2.28. The van der Waals surface area contributed by atoms with Gasteiger partial charge in [0.2, 0.25) is 5.95 Å². The van der Waals surface area contributed by atoms with Crippen LogP contribution in [-0.4, -0.2) is 29.3 Å². The van der Waals surface area contributed by atoms with E-state index in [2.05, 4.69) is 66.9 Å². The molecule has 1 aliphatic carbocycles. The maximum absolute atomic E-state index is 12.3. The maximum atomic E-state index is 12.3. The van der Waals surface area contributed by atoms with E-state index in [-0.39, 0.29) is 5.92 Å². The highest BCUT2D eigenvalue weighted by Crippen LogP contribution is 2.31. The Morgan fingerprint density at radius 3 is 2.42 bits per heavy atom. The summed E-state index contributed by atoms with van der Waals surface area (Å²) in [4.78, 5) is 21.8. The minimum absolute atomic E-state index is 0.281. The Morgan fingerprint density at radius 1 is 1.00 bits per heavy atom. The van der Waals surface area contributed by atoms with Crippen molar-refractivity contribution in [2.24, 2.45) is 11.8 Å². The van der Waals surface area contributed by atoms with Crippen LogP contribution < -0.4 is 10.6 Å². The molecule has 33 heavy (non-hydrogen) atoms. The van der Waals surface area contributed by atoms with Gasteiger partial charge in [0.25, 0.3) is 0 Å². The minimum atomic E-state index is 0.281. The normalized spacial score (nSPS) is 18.3. The number of hydrogen-bond donors (Lipinski definition) is 2. The standard InChI is InChI=1S/C28H36N4O/c1-4-5-6-26(33)22-13-9-20(10-14-22)18-30-28-31-25-16-15-23(17-24(25)27(29-3)32-28)21-11-7-19(2)8-12-21/h7-8,11-12,15-17,20,22H,4-6,9-10,13-14,18H2,1-3H3,(H2,29,30,31,32)/t20-,22-. The molecule has 0 saturated heterocycles. The number of unbranched alkanes of at least 4 members (excludes halogenated alkanes) is 1. The van der Waals surface area contributed by atoms with Crippen LogP contribution in [-0.2, 0) is 4.79 Å². The largest absolute Gasteiger partial charge is 0.372 e. The highest BCUT2D eigenvalue weighted by Gasteiger charge is 2.25. The van der Waals surface area contributed by atoms with E-state index in [9.17, 15) is 4.79 Å². The fourth-order valence-electron chi connectivity index (χ4n) is 4.80. The second-order valence-electron chi connectivity index (χ2n) is 9.41. The molecule has 1 heterocycles. The van der Waals surface area contributed by atoms with Crippen LogP contribution in [0.3, 0.4) is 0 Å². The SMILES string of the molecule is CCCCC(=O)[C@H]1CC[C@H](CNc2nc(NC)c3cc(-c4ccc(C)cc4)ccc3n2)CC1. The summed E-state index contributed by atoms with van der Waals surface area (Å²) in [6, 6.07) is 14.9. The van der Waals surface area contributed by atoms with Gasteiger partial charge in [0.1, 0.15) is 11.6 Å². The van der Waals surface area contributed by atoms with E-state index in [1.54, 1.807) is 0 Å². The quantitative estimate of drug-likeness (QED) is 0.388. The van der Waals surface area contributed by atoms with Crippen molar-refractivity contribution in [3.05, 3.63) is 48.0 Å². The first-order valence-electron chi connectivity index (χ1n) is 12.4. The molecule has 0 bridgehead atoms. The Bertz CT molecular complexity index is 1080. The van der Waals surface area contributed by atoms with Crippen LogP contribution in [0.4, 0.5) is 11.8 Å². The van der Waals surface area contributed by atoms with Gasteiger partial charge in [-0.3, -0.25) is 4.79 Å². The minimum Gasteiger partial charge on any atom is -0.372 e. The number of carbonyl (C=O) groups excluding carboxylic acids is 1. The van der Waals surface area contributed by atoms with E-state index in [0.717, 1.165) is 73.8 Å². The van der Waals surface area contributed by atoms with E-state index in [0.29, 0.717) is 17.6 Å². The van der Waals surface area contributed by atoms with Crippen molar-refractivity contribution < 1.29 is 4.79 Å². The summed E-state index contributed by atoms with van der Waals surface area (Å²) < 4.78 is 0. The summed E-state index contributed by atoms with van der Waals surface area (Å²) in [6.07, 6.45) is 7.13. The van der Waals surface area contributed by atoms with Gasteiger partial charge >= 0.3 is 0 Å². The van der Waals surface area contributed by atoms with Crippen molar-refractivity contribution in [1.29, 1.82) is 0 Å².